The molecule has 0 radical (unpaired) electrons. The van der Waals surface area contributed by atoms with Crippen molar-refractivity contribution in [3.63, 3.8) is 0 Å². The molecule has 2 aromatic rings. The van der Waals surface area contributed by atoms with Gasteiger partial charge in [-0.05, 0) is 43.5 Å². The second-order valence-corrected chi connectivity index (χ2v) is 7.76. The number of hydrogen-bond donors (Lipinski definition) is 2. The Morgan fingerprint density at radius 3 is 2.83 bits per heavy atom. The molecule has 126 valence electrons. The van der Waals surface area contributed by atoms with Crippen molar-refractivity contribution in [2.75, 3.05) is 13.1 Å². The van der Waals surface area contributed by atoms with E-state index in [2.05, 4.69) is 15.2 Å². The molecule has 0 bridgehead atoms. The smallest absolute Gasteiger partial charge is 0.293 e. The van der Waals surface area contributed by atoms with Crippen molar-refractivity contribution in [2.45, 2.75) is 30.6 Å². The van der Waals surface area contributed by atoms with Crippen molar-refractivity contribution in [3.05, 3.63) is 45.6 Å². The average molecular weight is 347 g/mol. The molecule has 1 aromatic carbocycles. The van der Waals surface area contributed by atoms with Gasteiger partial charge in [0, 0.05) is 19.0 Å². The first-order chi connectivity index (χ1) is 11.4. The molecule has 8 nitrogen and oxygen atoms in total. The Labute approximate surface area is 139 Å². The van der Waals surface area contributed by atoms with Crippen molar-refractivity contribution < 1.29 is 8.42 Å². The van der Waals surface area contributed by atoms with Crippen LogP contribution in [0, 0.1) is 18.3 Å². The van der Waals surface area contributed by atoms with Crippen molar-refractivity contribution in [1.82, 2.24) is 19.5 Å². The van der Waals surface area contributed by atoms with Crippen LogP contribution in [0.2, 0.25) is 0 Å². The van der Waals surface area contributed by atoms with Crippen LogP contribution in [0.4, 0.5) is 0 Å². The number of piperidine rings is 1. The quantitative estimate of drug-likeness (QED) is 0.852. The highest BCUT2D eigenvalue weighted by Crippen LogP contribution is 2.29. The minimum absolute atomic E-state index is 0.147. The number of H-pyrrole nitrogens is 2. The molecule has 9 heteroatoms. The highest BCUT2D eigenvalue weighted by Gasteiger charge is 2.33. The van der Waals surface area contributed by atoms with Crippen LogP contribution in [0.1, 0.15) is 35.7 Å². The van der Waals surface area contributed by atoms with E-state index in [1.165, 1.54) is 16.4 Å². The van der Waals surface area contributed by atoms with Crippen LogP contribution in [0.25, 0.3) is 0 Å². The van der Waals surface area contributed by atoms with E-state index in [1.807, 2.05) is 6.07 Å². The lowest BCUT2D eigenvalue weighted by Gasteiger charge is -2.31. The maximum absolute atomic E-state index is 12.9. The number of nitrogens with one attached hydrogen (secondary N) is 2. The van der Waals surface area contributed by atoms with Gasteiger partial charge in [0.1, 0.15) is 5.82 Å². The number of aryl methyl sites for hydroxylation is 1. The summed E-state index contributed by atoms with van der Waals surface area (Å²) in [5.74, 6) is 0.336. The van der Waals surface area contributed by atoms with Gasteiger partial charge in [-0.3, -0.25) is 4.98 Å². The number of rotatable bonds is 3. The molecule has 2 heterocycles. The van der Waals surface area contributed by atoms with E-state index >= 15 is 0 Å². The van der Waals surface area contributed by atoms with Gasteiger partial charge in [-0.25, -0.2) is 18.3 Å². The fourth-order valence-electron chi connectivity index (χ4n) is 3.01. The van der Waals surface area contributed by atoms with E-state index < -0.39 is 15.7 Å². The molecular weight excluding hydrogens is 330 g/mol. The Morgan fingerprint density at radius 1 is 1.42 bits per heavy atom. The number of nitriles is 1. The molecule has 1 aliphatic heterocycles. The molecule has 2 N–H and O–H groups in total. The van der Waals surface area contributed by atoms with Gasteiger partial charge in [0.25, 0.3) is 0 Å². The Hall–Kier alpha value is -2.44. The first-order valence-electron chi connectivity index (χ1n) is 7.57. The summed E-state index contributed by atoms with van der Waals surface area (Å²) < 4.78 is 27.3. The maximum atomic E-state index is 12.9. The van der Waals surface area contributed by atoms with Crippen LogP contribution in [0.5, 0.6) is 0 Å². The normalized spacial score (nSPS) is 19.1. The highest BCUT2D eigenvalue weighted by molar-refractivity contribution is 7.89. The number of aromatic nitrogens is 3. The third kappa shape index (κ3) is 2.98. The third-order valence-electron chi connectivity index (χ3n) is 4.21. The van der Waals surface area contributed by atoms with Crippen molar-refractivity contribution in [2.24, 2.45) is 0 Å². The predicted molar refractivity (Wildman–Crippen MR) is 85.8 cm³/mol. The highest BCUT2D eigenvalue weighted by atomic mass is 32.2. The summed E-state index contributed by atoms with van der Waals surface area (Å²) in [5.41, 5.74) is 0.578. The number of sulfonamides is 1. The monoisotopic (exact) mass is 347 g/mol. The second kappa shape index (κ2) is 6.22. The summed E-state index contributed by atoms with van der Waals surface area (Å²) in [6, 6.07) is 6.55. The van der Waals surface area contributed by atoms with E-state index in [4.69, 9.17) is 5.26 Å². The first kappa shape index (κ1) is 16.4. The summed E-state index contributed by atoms with van der Waals surface area (Å²) in [7, 11) is -3.66. The molecule has 0 saturated carbocycles. The summed E-state index contributed by atoms with van der Waals surface area (Å²) in [4.78, 5) is 14.0. The maximum Gasteiger partial charge on any atom is 0.340 e. The topological polar surface area (TPSA) is 123 Å². The first-order valence-corrected chi connectivity index (χ1v) is 9.01. The van der Waals surface area contributed by atoms with Crippen molar-refractivity contribution in [3.8, 4) is 6.07 Å². The van der Waals surface area contributed by atoms with Crippen molar-refractivity contribution >= 4 is 10.0 Å². The zero-order chi connectivity index (χ0) is 17.3. The third-order valence-corrected chi connectivity index (χ3v) is 6.24. The number of benzene rings is 1. The lowest BCUT2D eigenvalue weighted by atomic mass is 9.99. The molecule has 24 heavy (non-hydrogen) atoms. The minimum atomic E-state index is -3.66. The van der Waals surface area contributed by atoms with Crippen molar-refractivity contribution in [1.29, 1.82) is 5.26 Å². The van der Waals surface area contributed by atoms with E-state index in [9.17, 15) is 13.2 Å². The van der Waals surface area contributed by atoms with Crippen LogP contribution < -0.4 is 5.69 Å². The Kier molecular flexibility index (Phi) is 4.26. The van der Waals surface area contributed by atoms with E-state index in [-0.39, 0.29) is 17.4 Å². The van der Waals surface area contributed by atoms with E-state index in [0.29, 0.717) is 29.9 Å². The van der Waals surface area contributed by atoms with Gasteiger partial charge in [0.05, 0.1) is 16.5 Å². The standard InChI is InChI=1S/C15H17N5O3S/c1-10-7-11(8-16)4-5-13(10)24(22,23)20-6-2-3-12(9-20)14-17-15(21)19-18-14/h4-5,7,12H,2-3,6,9H2,1H3,(H2,17,18,19,21)/t12-/m1/s1. The average Bonchev–Trinajstić information content (AvgIpc) is 3.01. The minimum Gasteiger partial charge on any atom is -0.293 e. The van der Waals surface area contributed by atoms with Crippen LogP contribution in [0.3, 0.4) is 0 Å². The van der Waals surface area contributed by atoms with Crippen LogP contribution in [-0.2, 0) is 10.0 Å². The fourth-order valence-corrected chi connectivity index (χ4v) is 4.74. The molecule has 1 fully saturated rings. The molecular formula is C15H17N5O3S. The van der Waals surface area contributed by atoms with Crippen LogP contribution >= 0.6 is 0 Å². The molecule has 0 aliphatic carbocycles. The van der Waals surface area contributed by atoms with E-state index in [1.54, 1.807) is 13.0 Å². The van der Waals surface area contributed by atoms with Gasteiger partial charge < -0.3 is 0 Å². The van der Waals surface area contributed by atoms with Gasteiger partial charge in [-0.15, -0.1) is 0 Å². The zero-order valence-electron chi connectivity index (χ0n) is 13.1. The van der Waals surface area contributed by atoms with Gasteiger partial charge >= 0.3 is 5.69 Å². The molecule has 1 aliphatic rings. The van der Waals surface area contributed by atoms with Gasteiger partial charge in [0.2, 0.25) is 10.0 Å². The molecule has 0 spiro atoms. The summed E-state index contributed by atoms with van der Waals surface area (Å²) in [6.45, 7) is 2.37. The lowest BCUT2D eigenvalue weighted by molar-refractivity contribution is 0.309. The summed E-state index contributed by atoms with van der Waals surface area (Å²) in [6.07, 6.45) is 1.45. The zero-order valence-corrected chi connectivity index (χ0v) is 13.9. The largest absolute Gasteiger partial charge is 0.340 e. The molecule has 1 aromatic heterocycles. The van der Waals surface area contributed by atoms with E-state index in [0.717, 1.165) is 6.42 Å². The Bertz CT molecular complexity index is 954. The van der Waals surface area contributed by atoms with Gasteiger partial charge in [-0.1, -0.05) is 0 Å². The molecule has 3 rings (SSSR count). The molecule has 1 atom stereocenters. The Balaban J connectivity index is 1.89. The molecule has 0 amide bonds. The number of aromatic amines is 2. The van der Waals surface area contributed by atoms with Crippen LogP contribution in [0.15, 0.2) is 27.9 Å². The Morgan fingerprint density at radius 2 is 2.21 bits per heavy atom. The van der Waals surface area contributed by atoms with Gasteiger partial charge in [0.15, 0.2) is 0 Å². The fraction of sp³-hybridized carbons (Fsp3) is 0.400. The lowest BCUT2D eigenvalue weighted by Crippen LogP contribution is -2.39. The second-order valence-electron chi connectivity index (χ2n) is 5.86. The number of nitrogens with zero attached hydrogens (tertiary/aromatic N) is 3. The molecule has 1 saturated heterocycles. The SMILES string of the molecule is Cc1cc(C#N)ccc1S(=O)(=O)N1CCC[C@@H](c2n[nH]c(=O)[nH]2)C1. The number of hydrogen-bond acceptors (Lipinski definition) is 5. The molecule has 0 unspecified atom stereocenters. The summed E-state index contributed by atoms with van der Waals surface area (Å²) >= 11 is 0. The van der Waals surface area contributed by atoms with Gasteiger partial charge in [-0.2, -0.15) is 14.7 Å². The predicted octanol–water partition coefficient (Wildman–Crippen LogP) is 0.846. The summed E-state index contributed by atoms with van der Waals surface area (Å²) in [5, 5.41) is 15.2. The van der Waals surface area contributed by atoms with Crippen LogP contribution in [-0.4, -0.2) is 41.0 Å².